The lowest BCUT2D eigenvalue weighted by Gasteiger charge is -2.09. The molecule has 0 aromatic heterocycles. The Morgan fingerprint density at radius 2 is 1.81 bits per heavy atom. The van der Waals surface area contributed by atoms with Crippen LogP contribution in [0.1, 0.15) is 26.3 Å². The molecular formula is C15H12BrNO4. The van der Waals surface area contributed by atoms with Crippen LogP contribution in [-0.2, 0) is 0 Å². The number of nitrogens with one attached hydrogen (secondary N) is 1. The minimum atomic E-state index is -1.10. The number of benzene rings is 2. The van der Waals surface area contributed by atoms with E-state index < -0.39 is 11.9 Å². The summed E-state index contributed by atoms with van der Waals surface area (Å²) < 4.78 is 0.423. The number of carbonyl (C=O) groups is 2. The number of carbonyl (C=O) groups excluding carboxylic acids is 1. The second-order valence-corrected chi connectivity index (χ2v) is 5.33. The van der Waals surface area contributed by atoms with E-state index in [2.05, 4.69) is 21.2 Å². The Hall–Kier alpha value is -2.34. The second-order valence-electron chi connectivity index (χ2n) is 4.47. The predicted octanol–water partition coefficient (Wildman–Crippen LogP) is 3.41. The van der Waals surface area contributed by atoms with Gasteiger partial charge in [-0.1, -0.05) is 11.6 Å². The molecule has 5 nitrogen and oxygen atoms in total. The number of rotatable bonds is 3. The first-order valence-electron chi connectivity index (χ1n) is 6.02. The van der Waals surface area contributed by atoms with E-state index in [1.165, 1.54) is 18.2 Å². The average Bonchev–Trinajstić information content (AvgIpc) is 2.43. The number of aromatic hydroxyl groups is 1. The van der Waals surface area contributed by atoms with Crippen molar-refractivity contribution in [2.24, 2.45) is 0 Å². The summed E-state index contributed by atoms with van der Waals surface area (Å²) in [4.78, 5) is 23.2. The van der Waals surface area contributed by atoms with Gasteiger partial charge in [0.05, 0.1) is 11.1 Å². The highest BCUT2D eigenvalue weighted by Gasteiger charge is 2.14. The van der Waals surface area contributed by atoms with E-state index in [9.17, 15) is 14.7 Å². The van der Waals surface area contributed by atoms with Gasteiger partial charge in [-0.3, -0.25) is 4.79 Å². The third-order valence-corrected chi connectivity index (χ3v) is 3.54. The van der Waals surface area contributed by atoms with Gasteiger partial charge in [-0.25, -0.2) is 4.79 Å². The summed E-state index contributed by atoms with van der Waals surface area (Å²) in [7, 11) is 0. The van der Waals surface area contributed by atoms with Crippen LogP contribution in [0.25, 0.3) is 0 Å². The van der Waals surface area contributed by atoms with Crippen molar-refractivity contribution < 1.29 is 19.8 Å². The van der Waals surface area contributed by atoms with E-state index in [1.807, 2.05) is 0 Å². The monoisotopic (exact) mass is 349 g/mol. The highest BCUT2D eigenvalue weighted by Crippen LogP contribution is 2.23. The van der Waals surface area contributed by atoms with Crippen molar-refractivity contribution in [3.63, 3.8) is 0 Å². The number of phenols is 1. The molecule has 0 aliphatic rings. The molecule has 0 bridgehead atoms. The first-order valence-corrected chi connectivity index (χ1v) is 6.81. The maximum absolute atomic E-state index is 12.1. The van der Waals surface area contributed by atoms with Crippen molar-refractivity contribution in [3.8, 4) is 5.75 Å². The Morgan fingerprint density at radius 3 is 2.48 bits per heavy atom. The van der Waals surface area contributed by atoms with Crippen molar-refractivity contribution in [1.29, 1.82) is 0 Å². The van der Waals surface area contributed by atoms with Crippen molar-refractivity contribution in [3.05, 3.63) is 57.6 Å². The van der Waals surface area contributed by atoms with Crippen LogP contribution in [-0.4, -0.2) is 22.1 Å². The molecular weight excluding hydrogens is 338 g/mol. The Kier molecular flexibility index (Phi) is 4.28. The third kappa shape index (κ3) is 3.41. The van der Waals surface area contributed by atoms with Crippen LogP contribution in [0.15, 0.2) is 40.9 Å². The lowest BCUT2D eigenvalue weighted by Crippen LogP contribution is -2.13. The number of hydrogen-bond donors (Lipinski definition) is 3. The summed E-state index contributed by atoms with van der Waals surface area (Å²) in [5, 5.41) is 21.3. The Labute approximate surface area is 129 Å². The van der Waals surface area contributed by atoms with Gasteiger partial charge in [0, 0.05) is 10.2 Å². The quantitative estimate of drug-likeness (QED) is 0.792. The van der Waals surface area contributed by atoms with E-state index >= 15 is 0 Å². The molecule has 0 unspecified atom stereocenters. The molecule has 1 amide bonds. The number of halogens is 1. The molecule has 21 heavy (non-hydrogen) atoms. The van der Waals surface area contributed by atoms with E-state index in [0.717, 1.165) is 5.56 Å². The molecule has 0 atom stereocenters. The van der Waals surface area contributed by atoms with E-state index in [0.29, 0.717) is 10.2 Å². The summed E-state index contributed by atoms with van der Waals surface area (Å²) in [6.07, 6.45) is 0. The highest BCUT2D eigenvalue weighted by molar-refractivity contribution is 9.10. The van der Waals surface area contributed by atoms with E-state index in [-0.39, 0.29) is 16.9 Å². The molecule has 0 saturated heterocycles. The zero-order chi connectivity index (χ0) is 15.6. The minimum Gasteiger partial charge on any atom is -0.507 e. The van der Waals surface area contributed by atoms with Gasteiger partial charge in [0.2, 0.25) is 0 Å². The molecule has 2 rings (SSSR count). The van der Waals surface area contributed by atoms with Crippen LogP contribution in [0.5, 0.6) is 5.75 Å². The first-order chi connectivity index (χ1) is 9.88. The molecule has 0 fully saturated rings. The fourth-order valence-corrected chi connectivity index (χ4v) is 2.21. The molecule has 6 heteroatoms. The molecule has 0 radical (unpaired) electrons. The average molecular weight is 350 g/mol. The summed E-state index contributed by atoms with van der Waals surface area (Å²) in [5.74, 6) is -1.74. The van der Waals surface area contributed by atoms with Gasteiger partial charge >= 0.3 is 5.97 Å². The molecule has 0 aliphatic heterocycles. The number of carboxylic acids is 1. The number of carboxylic acid groups (broad SMARTS) is 1. The van der Waals surface area contributed by atoms with Gasteiger partial charge in [-0.2, -0.15) is 0 Å². The molecule has 0 heterocycles. The first kappa shape index (κ1) is 15.1. The molecule has 2 aromatic rings. The van der Waals surface area contributed by atoms with Crippen molar-refractivity contribution >= 4 is 33.5 Å². The van der Waals surface area contributed by atoms with Gasteiger partial charge in [0.25, 0.3) is 5.91 Å². The maximum atomic E-state index is 12.1. The zero-order valence-electron chi connectivity index (χ0n) is 11.1. The molecule has 0 spiro atoms. The SMILES string of the molecule is Cc1ccc(O)c(C(=O)Nc2ccc(Br)c(C(=O)O)c2)c1. The maximum Gasteiger partial charge on any atom is 0.336 e. The second kappa shape index (κ2) is 5.97. The largest absolute Gasteiger partial charge is 0.507 e. The Morgan fingerprint density at radius 1 is 1.10 bits per heavy atom. The number of phenolic OH excluding ortho intramolecular Hbond substituents is 1. The minimum absolute atomic E-state index is 0.0428. The number of amides is 1. The topological polar surface area (TPSA) is 86.6 Å². The van der Waals surface area contributed by atoms with Gasteiger partial charge in [-0.15, -0.1) is 0 Å². The van der Waals surface area contributed by atoms with Gasteiger partial charge in [0.15, 0.2) is 0 Å². The lowest BCUT2D eigenvalue weighted by atomic mass is 10.1. The Balaban J connectivity index is 2.29. The van der Waals surface area contributed by atoms with Crippen LogP contribution < -0.4 is 5.32 Å². The predicted molar refractivity (Wildman–Crippen MR) is 81.9 cm³/mol. The highest BCUT2D eigenvalue weighted by atomic mass is 79.9. The molecule has 0 aliphatic carbocycles. The molecule has 2 aromatic carbocycles. The van der Waals surface area contributed by atoms with Crippen LogP contribution in [0.3, 0.4) is 0 Å². The normalized spacial score (nSPS) is 10.2. The fraction of sp³-hybridized carbons (Fsp3) is 0.0667. The van der Waals surface area contributed by atoms with Crippen molar-refractivity contribution in [1.82, 2.24) is 0 Å². The number of anilines is 1. The summed E-state index contributed by atoms with van der Waals surface area (Å²) in [5.41, 5.74) is 1.34. The van der Waals surface area contributed by atoms with Gasteiger partial charge in [-0.05, 0) is 53.2 Å². The molecule has 3 N–H and O–H groups in total. The zero-order valence-corrected chi connectivity index (χ0v) is 12.6. The standard InChI is InChI=1S/C15H12BrNO4/c1-8-2-5-13(18)11(6-8)14(19)17-9-3-4-12(16)10(7-9)15(20)21/h2-7,18H,1H3,(H,17,19)(H,20,21). The third-order valence-electron chi connectivity index (χ3n) is 2.85. The van der Waals surface area contributed by atoms with Crippen LogP contribution in [0.4, 0.5) is 5.69 Å². The number of aromatic carboxylic acids is 1. The number of hydrogen-bond acceptors (Lipinski definition) is 3. The van der Waals surface area contributed by atoms with Crippen LogP contribution in [0, 0.1) is 6.92 Å². The molecule has 0 saturated carbocycles. The van der Waals surface area contributed by atoms with E-state index in [4.69, 9.17) is 5.11 Å². The Bertz CT molecular complexity index is 728. The summed E-state index contributed by atoms with van der Waals surface area (Å²) >= 11 is 3.13. The van der Waals surface area contributed by atoms with Crippen LogP contribution in [0.2, 0.25) is 0 Å². The van der Waals surface area contributed by atoms with Crippen molar-refractivity contribution in [2.45, 2.75) is 6.92 Å². The van der Waals surface area contributed by atoms with Gasteiger partial charge in [0.1, 0.15) is 5.75 Å². The van der Waals surface area contributed by atoms with Crippen LogP contribution >= 0.6 is 15.9 Å². The van der Waals surface area contributed by atoms with E-state index in [1.54, 1.807) is 25.1 Å². The summed E-state index contributed by atoms with van der Waals surface area (Å²) in [6.45, 7) is 1.80. The smallest absolute Gasteiger partial charge is 0.336 e. The van der Waals surface area contributed by atoms with Gasteiger partial charge < -0.3 is 15.5 Å². The molecule has 108 valence electrons. The lowest BCUT2D eigenvalue weighted by molar-refractivity contribution is 0.0695. The summed E-state index contributed by atoms with van der Waals surface area (Å²) in [6, 6.07) is 9.14. The number of aryl methyl sites for hydroxylation is 1. The van der Waals surface area contributed by atoms with Crippen molar-refractivity contribution in [2.75, 3.05) is 5.32 Å². The fourth-order valence-electron chi connectivity index (χ4n) is 1.80.